The topological polar surface area (TPSA) is 124 Å². The van der Waals surface area contributed by atoms with E-state index in [1.807, 2.05) is 0 Å². The minimum absolute atomic E-state index is 0.130. The summed E-state index contributed by atoms with van der Waals surface area (Å²) in [6.45, 7) is 11.9. The molecule has 0 aromatic rings. The van der Waals surface area contributed by atoms with Crippen LogP contribution in [0.2, 0.25) is 0 Å². The van der Waals surface area contributed by atoms with Crippen LogP contribution in [0.15, 0.2) is 0 Å². The fraction of sp³-hybridized carbons (Fsp3) is 0.917. The van der Waals surface area contributed by atoms with E-state index in [1.54, 1.807) is 0 Å². The molecule has 2 fully saturated rings. The molecule has 2 aliphatic rings. The van der Waals surface area contributed by atoms with Crippen molar-refractivity contribution in [2.45, 2.75) is 235 Å². The van der Waals surface area contributed by atoms with Gasteiger partial charge in [0.1, 0.15) is 0 Å². The van der Waals surface area contributed by atoms with E-state index in [4.69, 9.17) is 28.0 Å². The van der Waals surface area contributed by atoms with Crippen molar-refractivity contribution in [3.05, 3.63) is 0 Å². The van der Waals surface area contributed by atoms with E-state index in [2.05, 4.69) is 55.4 Å². The van der Waals surface area contributed by atoms with E-state index in [0.29, 0.717) is 0 Å². The quantitative estimate of drug-likeness (QED) is 0.0426. The fourth-order valence-corrected chi connectivity index (χ4v) is 22.7. The van der Waals surface area contributed by atoms with Gasteiger partial charge in [-0.15, -0.1) is 0 Å². The summed E-state index contributed by atoms with van der Waals surface area (Å²) in [6.07, 6.45) is 30.9. The van der Waals surface area contributed by atoms with E-state index >= 15 is 0 Å². The van der Waals surface area contributed by atoms with Crippen LogP contribution >= 0.6 is 13.7 Å². The third-order valence-electron chi connectivity index (χ3n) is 13.2. The number of unbranched alkanes of at least 4 members (excludes halogenated alkanes) is 8. The Labute approximate surface area is 368 Å². The van der Waals surface area contributed by atoms with Crippen molar-refractivity contribution < 1.29 is 47.2 Å². The first-order valence-electron chi connectivity index (χ1n) is 25.1. The van der Waals surface area contributed by atoms with Gasteiger partial charge in [-0.3, -0.25) is 0 Å². The van der Waals surface area contributed by atoms with Gasteiger partial charge in [0.15, 0.2) is 0 Å². The van der Waals surface area contributed by atoms with Gasteiger partial charge in [-0.1, -0.05) is 0 Å². The van der Waals surface area contributed by atoms with Gasteiger partial charge in [0.25, 0.3) is 0 Å². The van der Waals surface area contributed by atoms with Crippen LogP contribution in [0.3, 0.4) is 0 Å². The van der Waals surface area contributed by atoms with E-state index in [1.165, 1.54) is 12.8 Å². The summed E-state index contributed by atoms with van der Waals surface area (Å²) in [4.78, 5) is 50.2. The average Bonchev–Trinajstić information content (AvgIpc) is 3.24. The maximum absolute atomic E-state index is 12.9. The number of hydrogen-bond donors (Lipinski definition) is 0. The molecule has 0 aromatic heterocycles. The van der Waals surface area contributed by atoms with Crippen molar-refractivity contribution in [3.63, 3.8) is 0 Å². The minimum atomic E-state index is -2.79. The Morgan fingerprint density at radius 3 is 0.767 bits per heavy atom. The third kappa shape index (κ3) is 21.1. The molecule has 2 saturated carbocycles. The first kappa shape index (κ1) is 56.4. The van der Waals surface area contributed by atoms with Gasteiger partial charge in [0.05, 0.1) is 0 Å². The van der Waals surface area contributed by atoms with Crippen LogP contribution in [-0.2, 0) is 28.0 Å². The summed E-state index contributed by atoms with van der Waals surface area (Å²) in [5, 5.41) is 0. The zero-order chi connectivity index (χ0) is 44.6. The predicted molar refractivity (Wildman–Crippen MR) is 254 cm³/mol. The van der Waals surface area contributed by atoms with Crippen molar-refractivity contribution in [2.75, 3.05) is 49.3 Å². The fourth-order valence-electron chi connectivity index (χ4n) is 9.45. The second-order valence-electron chi connectivity index (χ2n) is 18.5. The van der Waals surface area contributed by atoms with Crippen LogP contribution in [-0.4, -0.2) is 86.1 Å². The maximum atomic E-state index is 12.9. The van der Waals surface area contributed by atoms with Crippen LogP contribution in [0.5, 0.6) is 0 Å². The molecular weight excluding hydrogens is 798 g/mol. The molecule has 0 aromatic carbocycles. The molecule has 0 unspecified atom stereocenters. The van der Waals surface area contributed by atoms with Crippen molar-refractivity contribution in [2.24, 2.45) is 0 Å². The Bertz CT molecular complexity index is 1010. The Morgan fingerprint density at radius 2 is 0.567 bits per heavy atom. The van der Waals surface area contributed by atoms with Crippen LogP contribution < -0.4 is 0 Å². The van der Waals surface area contributed by atoms with Gasteiger partial charge in [-0.25, -0.2) is 0 Å². The zero-order valence-corrected chi connectivity index (χ0v) is 42.0. The Hall–Kier alpha value is -1.66. The monoisotopic (exact) mass is 893 g/mol. The van der Waals surface area contributed by atoms with E-state index in [0.717, 1.165) is 203 Å². The van der Waals surface area contributed by atoms with Crippen LogP contribution in [0.1, 0.15) is 222 Å². The molecule has 0 spiro atoms. The normalized spacial score (nSPS) is 16.5. The van der Waals surface area contributed by atoms with Gasteiger partial charge in [-0.2, -0.15) is 0 Å². The SMILES string of the molecule is CCCCP(CCCC)(CCCC)(CCCC)OC(=O)OC(=O)OC1CCCCC1.CCCCP(CCCC)(CCCC)(CCCC)OC(=O)OC(=O)OC1CCCCC1. The van der Waals surface area contributed by atoms with Gasteiger partial charge in [0, 0.05) is 0 Å². The summed E-state index contributed by atoms with van der Waals surface area (Å²) >= 11 is 0. The molecule has 0 aliphatic heterocycles. The van der Waals surface area contributed by atoms with Gasteiger partial charge in [-0.05, 0) is 0 Å². The van der Waals surface area contributed by atoms with Crippen molar-refractivity contribution in [1.29, 1.82) is 0 Å². The predicted octanol–water partition coefficient (Wildman–Crippen LogP) is 16.6. The van der Waals surface area contributed by atoms with Crippen LogP contribution in [0.25, 0.3) is 0 Å². The second kappa shape index (κ2) is 31.2. The molecule has 2 aliphatic carbocycles. The molecule has 0 N–H and O–H groups in total. The zero-order valence-electron chi connectivity index (χ0n) is 40.2. The Kier molecular flexibility index (Phi) is 29.3. The standard InChI is InChI=1S/2C24H47O5P/c2*1-5-9-18-30(19-10-6-2,20-11-7-3,21-12-8-4)29-24(26)28-23(25)27-22-16-14-13-15-17-22/h2*22H,5-21H2,1-4H3. The number of carbonyl (C=O) groups excluding carboxylic acids is 4. The van der Waals surface area contributed by atoms with E-state index in [-0.39, 0.29) is 12.2 Å². The summed E-state index contributed by atoms with van der Waals surface area (Å²) in [7, 11) is 0. The average molecular weight is 893 g/mol. The van der Waals surface area contributed by atoms with Crippen LogP contribution in [0.4, 0.5) is 19.2 Å². The van der Waals surface area contributed by atoms with Gasteiger partial charge >= 0.3 is 369 Å². The first-order chi connectivity index (χ1) is 28.8. The van der Waals surface area contributed by atoms with E-state index in [9.17, 15) is 19.2 Å². The molecule has 356 valence electrons. The molecule has 12 heteroatoms. The van der Waals surface area contributed by atoms with Crippen molar-refractivity contribution in [1.82, 2.24) is 0 Å². The summed E-state index contributed by atoms with van der Waals surface area (Å²) in [5.74, 6) is 0. The third-order valence-corrected chi connectivity index (χ3v) is 26.2. The molecule has 10 nitrogen and oxygen atoms in total. The Morgan fingerprint density at radius 1 is 0.350 bits per heavy atom. The molecule has 0 radical (unpaired) electrons. The molecular formula is C48H94O10P2. The number of hydrogen-bond acceptors (Lipinski definition) is 10. The number of rotatable bonds is 28. The van der Waals surface area contributed by atoms with Gasteiger partial charge < -0.3 is 0 Å². The number of carbonyl (C=O) groups is 4. The molecule has 2 rings (SSSR count). The summed E-state index contributed by atoms with van der Waals surface area (Å²) < 4.78 is 33.6. The molecule has 60 heavy (non-hydrogen) atoms. The Balaban J connectivity index is 0.000000600. The summed E-state index contributed by atoms with van der Waals surface area (Å²) in [6, 6.07) is 0. The molecule has 0 bridgehead atoms. The van der Waals surface area contributed by atoms with Crippen LogP contribution in [0, 0.1) is 0 Å². The van der Waals surface area contributed by atoms with E-state index < -0.39 is 38.3 Å². The molecule has 0 amide bonds. The summed E-state index contributed by atoms with van der Waals surface area (Å²) in [5.41, 5.74) is 0. The van der Waals surface area contributed by atoms with Crippen molar-refractivity contribution >= 4 is 38.3 Å². The van der Waals surface area contributed by atoms with Gasteiger partial charge in [0.2, 0.25) is 0 Å². The number of ether oxygens (including phenoxy) is 4. The first-order valence-corrected chi connectivity index (χ1v) is 30.9. The molecule has 0 atom stereocenters. The molecule has 0 saturated heterocycles. The molecule has 0 heterocycles. The second-order valence-corrected chi connectivity index (χ2v) is 29.9. The van der Waals surface area contributed by atoms with Crippen molar-refractivity contribution in [3.8, 4) is 0 Å².